The molecule has 32 heavy (non-hydrogen) atoms. The maximum absolute atomic E-state index is 5.73. The van der Waals surface area contributed by atoms with Gasteiger partial charge < -0.3 is 4.42 Å². The summed E-state index contributed by atoms with van der Waals surface area (Å²) < 4.78 is 7.88. The zero-order valence-corrected chi connectivity index (χ0v) is 17.2. The minimum atomic E-state index is 0.735. The van der Waals surface area contributed by atoms with Crippen LogP contribution in [0.15, 0.2) is 120 Å². The lowest BCUT2D eigenvalue weighted by Gasteiger charge is -2.18. The van der Waals surface area contributed by atoms with Gasteiger partial charge >= 0.3 is 0 Å². The number of para-hydroxylation sites is 2. The van der Waals surface area contributed by atoms with E-state index in [1.54, 1.807) is 0 Å². The Balaban J connectivity index is 1.67. The highest BCUT2D eigenvalue weighted by atomic mass is 16.3. The fraction of sp³-hybridized carbons (Fsp3) is 0. The van der Waals surface area contributed by atoms with Gasteiger partial charge in [0.25, 0.3) is 0 Å². The second-order valence-corrected chi connectivity index (χ2v) is 7.56. The van der Waals surface area contributed by atoms with Crippen molar-refractivity contribution in [2.45, 2.75) is 0 Å². The average molecular weight is 413 g/mol. The number of benzene rings is 4. The number of nitrogens with zero attached hydrogens (tertiary/aromatic N) is 3. The van der Waals surface area contributed by atoms with E-state index < -0.39 is 0 Å². The van der Waals surface area contributed by atoms with Gasteiger partial charge in [-0.25, -0.2) is 9.97 Å². The highest BCUT2D eigenvalue weighted by molar-refractivity contribution is 5.91. The van der Waals surface area contributed by atoms with Crippen molar-refractivity contribution in [1.82, 2.24) is 14.5 Å². The van der Waals surface area contributed by atoms with E-state index in [2.05, 4.69) is 76.3 Å². The van der Waals surface area contributed by atoms with Crippen molar-refractivity contribution in [3.63, 3.8) is 0 Å². The first kappa shape index (κ1) is 18.3. The maximum atomic E-state index is 5.73. The number of oxazole rings is 1. The van der Waals surface area contributed by atoms with E-state index in [0.717, 1.165) is 50.4 Å². The summed E-state index contributed by atoms with van der Waals surface area (Å²) in [6.45, 7) is 0. The number of rotatable bonds is 4. The minimum absolute atomic E-state index is 0.735. The predicted molar refractivity (Wildman–Crippen MR) is 127 cm³/mol. The molecule has 2 aromatic heterocycles. The van der Waals surface area contributed by atoms with Gasteiger partial charge in [0.2, 0.25) is 0 Å². The lowest BCUT2D eigenvalue weighted by molar-refractivity contribution is 0.602. The molecule has 4 aromatic carbocycles. The van der Waals surface area contributed by atoms with E-state index in [1.807, 2.05) is 42.7 Å². The normalized spacial score (nSPS) is 11.1. The van der Waals surface area contributed by atoms with Crippen molar-refractivity contribution >= 4 is 11.1 Å². The quantitative estimate of drug-likeness (QED) is 0.312. The molecule has 0 bridgehead atoms. The molecule has 6 rings (SSSR count). The van der Waals surface area contributed by atoms with Gasteiger partial charge in [0.1, 0.15) is 11.3 Å². The number of fused-ring (bicyclic) bond motifs is 1. The molecule has 0 fully saturated rings. The molecule has 0 amide bonds. The molecule has 0 saturated heterocycles. The van der Waals surface area contributed by atoms with Crippen molar-refractivity contribution in [2.24, 2.45) is 0 Å². The van der Waals surface area contributed by atoms with Crippen LogP contribution in [0.1, 0.15) is 0 Å². The summed E-state index contributed by atoms with van der Waals surface area (Å²) in [7, 11) is 0. The third-order valence-electron chi connectivity index (χ3n) is 5.68. The molecular weight excluding hydrogens is 394 g/mol. The molecule has 0 unspecified atom stereocenters. The Labute approximate surface area is 185 Å². The van der Waals surface area contributed by atoms with Gasteiger partial charge in [-0.2, -0.15) is 0 Å². The SMILES string of the molecule is c1ccc(-c2cccc(-c3ccccc3)c2-n2ccnc2-c2cccc3ncoc23)cc1. The summed E-state index contributed by atoms with van der Waals surface area (Å²) in [5.74, 6) is 0.813. The number of imidazole rings is 1. The number of hydrogen-bond donors (Lipinski definition) is 0. The summed E-state index contributed by atoms with van der Waals surface area (Å²) >= 11 is 0. The molecule has 0 saturated carbocycles. The standard InChI is InChI=1S/C28H19N3O/c1-3-9-20(10-4-1)22-13-7-14-23(21-11-5-2-6-12-21)26(22)31-18-17-29-28(31)24-15-8-16-25-27(24)32-19-30-25/h1-19H. The summed E-state index contributed by atoms with van der Waals surface area (Å²) in [4.78, 5) is 9.06. The first-order valence-corrected chi connectivity index (χ1v) is 10.5. The zero-order valence-electron chi connectivity index (χ0n) is 17.2. The van der Waals surface area contributed by atoms with Crippen molar-refractivity contribution in [3.05, 3.63) is 116 Å². The van der Waals surface area contributed by atoms with Gasteiger partial charge in [-0.1, -0.05) is 84.9 Å². The van der Waals surface area contributed by atoms with Crippen LogP contribution in [-0.2, 0) is 0 Å². The molecule has 0 aliphatic carbocycles. The molecule has 2 heterocycles. The Morgan fingerprint density at radius 2 is 1.22 bits per heavy atom. The van der Waals surface area contributed by atoms with Crippen LogP contribution in [0, 0.1) is 0 Å². The molecule has 0 atom stereocenters. The predicted octanol–water partition coefficient (Wildman–Crippen LogP) is 7.01. The van der Waals surface area contributed by atoms with Crippen LogP contribution >= 0.6 is 0 Å². The Morgan fingerprint density at radius 3 is 1.91 bits per heavy atom. The van der Waals surface area contributed by atoms with Crippen LogP contribution in [0.25, 0.3) is 50.4 Å². The fourth-order valence-corrected chi connectivity index (χ4v) is 4.25. The van der Waals surface area contributed by atoms with Crippen LogP contribution in [-0.4, -0.2) is 14.5 Å². The minimum Gasteiger partial charge on any atom is -0.443 e. The van der Waals surface area contributed by atoms with Crippen molar-refractivity contribution in [1.29, 1.82) is 0 Å². The summed E-state index contributed by atoms with van der Waals surface area (Å²) in [6, 6.07) is 33.3. The van der Waals surface area contributed by atoms with E-state index in [9.17, 15) is 0 Å². The molecule has 0 radical (unpaired) electrons. The Morgan fingerprint density at radius 1 is 0.594 bits per heavy atom. The van der Waals surface area contributed by atoms with Crippen molar-refractivity contribution in [3.8, 4) is 39.3 Å². The second-order valence-electron chi connectivity index (χ2n) is 7.56. The third kappa shape index (κ3) is 3.01. The smallest absolute Gasteiger partial charge is 0.182 e. The lowest BCUT2D eigenvalue weighted by Crippen LogP contribution is -2.02. The van der Waals surface area contributed by atoms with Crippen LogP contribution < -0.4 is 0 Å². The van der Waals surface area contributed by atoms with Crippen LogP contribution in [0.5, 0.6) is 0 Å². The molecule has 0 aliphatic heterocycles. The second kappa shape index (κ2) is 7.67. The van der Waals surface area contributed by atoms with E-state index in [-0.39, 0.29) is 0 Å². The summed E-state index contributed by atoms with van der Waals surface area (Å²) in [6.07, 6.45) is 5.33. The molecule has 0 aliphatic rings. The molecule has 0 spiro atoms. The molecule has 0 N–H and O–H groups in total. The van der Waals surface area contributed by atoms with Gasteiger partial charge in [0.05, 0.1) is 11.3 Å². The first-order chi connectivity index (χ1) is 15.9. The third-order valence-corrected chi connectivity index (χ3v) is 5.68. The largest absolute Gasteiger partial charge is 0.443 e. The van der Waals surface area contributed by atoms with Gasteiger partial charge in [-0.3, -0.25) is 4.57 Å². The number of aromatic nitrogens is 3. The van der Waals surface area contributed by atoms with E-state index >= 15 is 0 Å². The molecule has 152 valence electrons. The van der Waals surface area contributed by atoms with E-state index in [0.29, 0.717) is 0 Å². The highest BCUT2D eigenvalue weighted by Gasteiger charge is 2.19. The summed E-state index contributed by atoms with van der Waals surface area (Å²) in [5, 5.41) is 0. The van der Waals surface area contributed by atoms with Crippen molar-refractivity contribution in [2.75, 3.05) is 0 Å². The fourth-order valence-electron chi connectivity index (χ4n) is 4.25. The number of hydrogen-bond acceptors (Lipinski definition) is 3. The van der Waals surface area contributed by atoms with Crippen LogP contribution in [0.2, 0.25) is 0 Å². The average Bonchev–Trinajstić information content (AvgIpc) is 3.54. The molecule has 6 aromatic rings. The van der Waals surface area contributed by atoms with Gasteiger partial charge in [0, 0.05) is 23.5 Å². The Bertz CT molecular complexity index is 1460. The highest BCUT2D eigenvalue weighted by Crippen LogP contribution is 2.38. The Kier molecular flexibility index (Phi) is 4.40. The van der Waals surface area contributed by atoms with Crippen molar-refractivity contribution < 1.29 is 4.42 Å². The maximum Gasteiger partial charge on any atom is 0.182 e. The monoisotopic (exact) mass is 413 g/mol. The van der Waals surface area contributed by atoms with Crippen LogP contribution in [0.4, 0.5) is 0 Å². The first-order valence-electron chi connectivity index (χ1n) is 10.5. The molecular formula is C28H19N3O. The zero-order chi connectivity index (χ0) is 21.3. The van der Waals surface area contributed by atoms with Gasteiger partial charge in [-0.15, -0.1) is 0 Å². The van der Waals surface area contributed by atoms with E-state index in [1.165, 1.54) is 6.39 Å². The Hall–Kier alpha value is -4.44. The summed E-state index contributed by atoms with van der Waals surface area (Å²) in [5.41, 5.74) is 8.11. The topological polar surface area (TPSA) is 43.9 Å². The molecule has 4 nitrogen and oxygen atoms in total. The lowest BCUT2D eigenvalue weighted by atomic mass is 9.95. The van der Waals surface area contributed by atoms with E-state index in [4.69, 9.17) is 9.40 Å². The van der Waals surface area contributed by atoms with Gasteiger partial charge in [0.15, 0.2) is 12.0 Å². The molecule has 4 heteroatoms. The van der Waals surface area contributed by atoms with Gasteiger partial charge in [-0.05, 0) is 23.3 Å². The van der Waals surface area contributed by atoms with Crippen LogP contribution in [0.3, 0.4) is 0 Å².